The number of nitrogens with zero attached hydrogens (tertiary/aromatic N) is 3. The molecule has 0 aliphatic rings. The van der Waals surface area contributed by atoms with Crippen molar-refractivity contribution in [1.29, 1.82) is 0 Å². The largest absolute Gasteiger partial charge is 0.396 e. The number of hydrogen-bond donors (Lipinski definition) is 3. The number of carbonyl (C=O) groups is 1. The van der Waals surface area contributed by atoms with Gasteiger partial charge >= 0.3 is 6.03 Å². The Hall–Kier alpha value is -2.41. The van der Waals surface area contributed by atoms with Crippen molar-refractivity contribution in [2.75, 3.05) is 18.5 Å². The Bertz CT molecular complexity index is 625. The van der Waals surface area contributed by atoms with E-state index in [4.69, 9.17) is 5.11 Å². The van der Waals surface area contributed by atoms with Crippen LogP contribution in [0.15, 0.2) is 36.9 Å². The summed E-state index contributed by atoms with van der Waals surface area (Å²) in [5, 5.41) is 18.8. The lowest BCUT2D eigenvalue weighted by Gasteiger charge is -2.24. The van der Waals surface area contributed by atoms with Gasteiger partial charge in [0.15, 0.2) is 0 Å². The number of para-hydroxylation sites is 1. The minimum absolute atomic E-state index is 0.108. The molecule has 0 spiro atoms. The fraction of sp³-hybridized carbons (Fsp3) is 0.438. The number of rotatable bonds is 7. The van der Waals surface area contributed by atoms with Crippen LogP contribution >= 0.6 is 0 Å². The number of aliphatic hydroxyl groups is 1. The van der Waals surface area contributed by atoms with Crippen molar-refractivity contribution in [3.63, 3.8) is 0 Å². The molecule has 0 aliphatic heterocycles. The zero-order valence-corrected chi connectivity index (χ0v) is 13.5. The van der Waals surface area contributed by atoms with Crippen molar-refractivity contribution in [2.45, 2.75) is 26.8 Å². The third-order valence-electron chi connectivity index (χ3n) is 3.58. The summed E-state index contributed by atoms with van der Waals surface area (Å²) in [5.41, 5.74) is 1.54. The van der Waals surface area contributed by atoms with E-state index < -0.39 is 0 Å². The van der Waals surface area contributed by atoms with E-state index in [1.165, 1.54) is 6.33 Å². The van der Waals surface area contributed by atoms with Gasteiger partial charge < -0.3 is 15.7 Å². The summed E-state index contributed by atoms with van der Waals surface area (Å²) >= 11 is 0. The quantitative estimate of drug-likeness (QED) is 0.727. The van der Waals surface area contributed by atoms with Crippen LogP contribution in [0.2, 0.25) is 0 Å². The molecule has 1 aromatic heterocycles. The lowest BCUT2D eigenvalue weighted by molar-refractivity contribution is 0.204. The monoisotopic (exact) mass is 317 g/mol. The number of benzene rings is 1. The van der Waals surface area contributed by atoms with Gasteiger partial charge in [-0.3, -0.25) is 0 Å². The lowest BCUT2D eigenvalue weighted by Crippen LogP contribution is -2.37. The average molecular weight is 317 g/mol. The van der Waals surface area contributed by atoms with E-state index in [-0.39, 0.29) is 18.1 Å². The molecule has 7 heteroatoms. The Morgan fingerprint density at radius 2 is 2.13 bits per heavy atom. The average Bonchev–Trinajstić information content (AvgIpc) is 3.00. The van der Waals surface area contributed by atoms with E-state index in [9.17, 15) is 4.79 Å². The first-order valence-electron chi connectivity index (χ1n) is 7.56. The zero-order chi connectivity index (χ0) is 16.7. The Morgan fingerprint density at radius 3 is 2.83 bits per heavy atom. The smallest absolute Gasteiger partial charge is 0.319 e. The van der Waals surface area contributed by atoms with Crippen molar-refractivity contribution >= 4 is 11.7 Å². The van der Waals surface area contributed by atoms with Crippen molar-refractivity contribution in [3.8, 4) is 0 Å². The highest BCUT2D eigenvalue weighted by Crippen LogP contribution is 2.19. The second-order valence-corrected chi connectivity index (χ2v) is 6.20. The van der Waals surface area contributed by atoms with Gasteiger partial charge in [0.2, 0.25) is 0 Å². The third kappa shape index (κ3) is 5.37. The van der Waals surface area contributed by atoms with E-state index in [1.54, 1.807) is 11.0 Å². The summed E-state index contributed by atoms with van der Waals surface area (Å²) in [7, 11) is 0. The number of urea groups is 1. The van der Waals surface area contributed by atoms with E-state index in [2.05, 4.69) is 20.7 Å². The fourth-order valence-electron chi connectivity index (χ4n) is 2.15. The minimum Gasteiger partial charge on any atom is -0.396 e. The molecule has 0 radical (unpaired) electrons. The first-order valence-corrected chi connectivity index (χ1v) is 7.56. The normalized spacial score (nSPS) is 11.3. The number of carbonyl (C=O) groups excluding carboxylic acids is 1. The molecule has 1 aromatic carbocycles. The van der Waals surface area contributed by atoms with Crippen LogP contribution in [0.4, 0.5) is 10.5 Å². The van der Waals surface area contributed by atoms with Crippen molar-refractivity contribution in [2.24, 2.45) is 5.41 Å². The van der Waals surface area contributed by atoms with Gasteiger partial charge in [0, 0.05) is 18.8 Å². The molecular formula is C16H23N5O2. The van der Waals surface area contributed by atoms with Crippen molar-refractivity contribution < 1.29 is 9.90 Å². The molecule has 2 rings (SSSR count). The summed E-state index contributed by atoms with van der Waals surface area (Å²) in [4.78, 5) is 16.0. The summed E-state index contributed by atoms with van der Waals surface area (Å²) in [5.74, 6) is 0. The molecule has 2 aromatic rings. The highest BCUT2D eigenvalue weighted by molar-refractivity contribution is 5.90. The molecule has 0 saturated carbocycles. The molecule has 2 amide bonds. The van der Waals surface area contributed by atoms with Crippen LogP contribution < -0.4 is 10.6 Å². The maximum Gasteiger partial charge on any atom is 0.319 e. The number of aliphatic hydroxyl groups excluding tert-OH is 1. The molecule has 0 saturated heterocycles. The molecule has 7 nitrogen and oxygen atoms in total. The number of hydrogen-bond acceptors (Lipinski definition) is 4. The number of aromatic nitrogens is 3. The van der Waals surface area contributed by atoms with Gasteiger partial charge in [-0.25, -0.2) is 14.5 Å². The summed E-state index contributed by atoms with van der Waals surface area (Å²) in [6.07, 6.45) is 3.75. The van der Waals surface area contributed by atoms with Gasteiger partial charge in [0.25, 0.3) is 0 Å². The van der Waals surface area contributed by atoms with Crippen molar-refractivity contribution in [1.82, 2.24) is 20.1 Å². The Balaban J connectivity index is 1.96. The number of nitrogens with one attached hydrogen (secondary N) is 2. The van der Waals surface area contributed by atoms with Crippen LogP contribution in [0.3, 0.4) is 0 Å². The zero-order valence-electron chi connectivity index (χ0n) is 13.5. The van der Waals surface area contributed by atoms with Crippen LogP contribution in [0.5, 0.6) is 0 Å². The molecule has 0 aliphatic carbocycles. The Kier molecular flexibility index (Phi) is 5.70. The van der Waals surface area contributed by atoms with E-state index in [1.807, 2.05) is 38.1 Å². The van der Waals surface area contributed by atoms with Crippen molar-refractivity contribution in [3.05, 3.63) is 42.5 Å². The highest BCUT2D eigenvalue weighted by Gasteiger charge is 2.18. The molecule has 1 heterocycles. The lowest BCUT2D eigenvalue weighted by atomic mass is 9.90. The van der Waals surface area contributed by atoms with Gasteiger partial charge in [-0.2, -0.15) is 5.10 Å². The maximum atomic E-state index is 12.1. The maximum absolute atomic E-state index is 12.1. The number of anilines is 1. The predicted octanol–water partition coefficient (Wildman–Crippen LogP) is 1.86. The number of amides is 2. The molecule has 124 valence electrons. The minimum atomic E-state index is -0.262. The molecule has 23 heavy (non-hydrogen) atoms. The topological polar surface area (TPSA) is 92.1 Å². The van der Waals surface area contributed by atoms with Crippen LogP contribution in [-0.4, -0.2) is 39.1 Å². The summed E-state index contributed by atoms with van der Waals surface area (Å²) in [6, 6.07) is 7.31. The molecule has 0 unspecified atom stereocenters. The Labute approximate surface area is 135 Å². The van der Waals surface area contributed by atoms with Crippen LogP contribution in [0.25, 0.3) is 0 Å². The van der Waals surface area contributed by atoms with Gasteiger partial charge in [-0.1, -0.05) is 32.0 Å². The van der Waals surface area contributed by atoms with Gasteiger partial charge in [0.05, 0.1) is 6.54 Å². The SMILES string of the molecule is CC(C)(CCO)CNC(=O)Nc1ccccc1Cn1cncn1. The first-order chi connectivity index (χ1) is 11.0. The molecule has 0 fully saturated rings. The molecular weight excluding hydrogens is 294 g/mol. The standard InChI is InChI=1S/C16H23N5O2/c1-16(2,7-8-22)10-18-15(23)20-14-6-4-3-5-13(14)9-21-12-17-11-19-21/h3-6,11-12,22H,7-10H2,1-2H3,(H2,18,20,23). The predicted molar refractivity (Wildman–Crippen MR) is 88.1 cm³/mol. The van der Waals surface area contributed by atoms with Gasteiger partial charge in [-0.15, -0.1) is 0 Å². The molecule has 0 bridgehead atoms. The second kappa shape index (κ2) is 7.73. The van der Waals surface area contributed by atoms with Crippen LogP contribution in [0.1, 0.15) is 25.8 Å². The van der Waals surface area contributed by atoms with E-state index >= 15 is 0 Å². The van der Waals surface area contributed by atoms with Crippen LogP contribution in [0, 0.1) is 5.41 Å². The third-order valence-corrected chi connectivity index (χ3v) is 3.58. The molecule has 0 atom stereocenters. The first kappa shape index (κ1) is 17.0. The van der Waals surface area contributed by atoms with Gasteiger partial charge in [-0.05, 0) is 23.5 Å². The summed E-state index contributed by atoms with van der Waals surface area (Å²) in [6.45, 7) is 5.14. The van der Waals surface area contributed by atoms with Gasteiger partial charge in [0.1, 0.15) is 12.7 Å². The van der Waals surface area contributed by atoms with Crippen LogP contribution in [-0.2, 0) is 6.54 Å². The second-order valence-electron chi connectivity index (χ2n) is 6.20. The summed E-state index contributed by atoms with van der Waals surface area (Å²) < 4.78 is 1.70. The molecule has 3 N–H and O–H groups in total. The highest BCUT2D eigenvalue weighted by atomic mass is 16.3. The fourth-order valence-corrected chi connectivity index (χ4v) is 2.15. The Morgan fingerprint density at radius 1 is 1.35 bits per heavy atom. The van der Waals surface area contributed by atoms with E-state index in [0.717, 1.165) is 11.3 Å². The van der Waals surface area contributed by atoms with E-state index in [0.29, 0.717) is 19.5 Å².